The van der Waals surface area contributed by atoms with Gasteiger partial charge in [-0.25, -0.2) is 14.0 Å². The minimum Gasteiger partial charge on any atom is -0.469 e. The summed E-state index contributed by atoms with van der Waals surface area (Å²) >= 11 is 0. The molecule has 0 saturated carbocycles. The molecule has 3 unspecified atom stereocenters. The number of carbonyl (C=O) groups excluding carboxylic acids is 3. The molecule has 0 aliphatic heterocycles. The highest BCUT2D eigenvalue weighted by atomic mass is 19.1. The van der Waals surface area contributed by atoms with Crippen LogP contribution in [-0.2, 0) is 23.8 Å². The Labute approximate surface area is 142 Å². The maximum Gasteiger partial charge on any atom is 0.408 e. The predicted molar refractivity (Wildman–Crippen MR) is 85.1 cm³/mol. The van der Waals surface area contributed by atoms with E-state index < -0.39 is 41.8 Å². The predicted octanol–water partition coefficient (Wildman–Crippen LogP) is 2.37. The van der Waals surface area contributed by atoms with Crippen LogP contribution in [0.25, 0.3) is 0 Å². The van der Waals surface area contributed by atoms with Crippen molar-refractivity contribution in [3.63, 3.8) is 0 Å². The quantitative estimate of drug-likeness (QED) is 0.534. The molecule has 8 heteroatoms. The first-order valence-electron chi connectivity index (χ1n) is 7.79. The number of hydrogen-bond acceptors (Lipinski definition) is 6. The van der Waals surface area contributed by atoms with Crippen molar-refractivity contribution >= 4 is 18.0 Å². The first kappa shape index (κ1) is 22.1. The second-order valence-electron chi connectivity index (χ2n) is 6.54. The lowest BCUT2D eigenvalue weighted by Crippen LogP contribution is -2.45. The van der Waals surface area contributed by atoms with Gasteiger partial charge in [0.05, 0.1) is 26.3 Å². The molecule has 0 bridgehead atoms. The Balaban J connectivity index is 5.03. The number of nitrogens with one attached hydrogen (secondary N) is 1. The van der Waals surface area contributed by atoms with Crippen LogP contribution in [0, 0.1) is 5.92 Å². The fourth-order valence-electron chi connectivity index (χ4n) is 2.02. The number of alkyl halides is 1. The van der Waals surface area contributed by atoms with Crippen molar-refractivity contribution < 1.29 is 33.0 Å². The summed E-state index contributed by atoms with van der Waals surface area (Å²) in [7, 11) is 2.38. The third-order valence-electron chi connectivity index (χ3n) is 3.14. The van der Waals surface area contributed by atoms with Gasteiger partial charge in [0.1, 0.15) is 11.6 Å². The Kier molecular flexibility index (Phi) is 9.32. The van der Waals surface area contributed by atoms with Crippen LogP contribution in [0.5, 0.6) is 0 Å². The van der Waals surface area contributed by atoms with Crippen LogP contribution in [0.2, 0.25) is 0 Å². The third kappa shape index (κ3) is 9.32. The molecule has 0 rings (SSSR count). The van der Waals surface area contributed by atoms with Crippen molar-refractivity contribution in [1.82, 2.24) is 5.32 Å². The molecular formula is C16H28FNO6. The van der Waals surface area contributed by atoms with E-state index in [1.165, 1.54) is 21.1 Å². The van der Waals surface area contributed by atoms with E-state index >= 15 is 0 Å². The molecule has 0 aromatic heterocycles. The number of halogens is 1. The Hall–Kier alpha value is -1.86. The van der Waals surface area contributed by atoms with Gasteiger partial charge < -0.3 is 19.5 Å². The van der Waals surface area contributed by atoms with Gasteiger partial charge in [0, 0.05) is 0 Å². The molecule has 3 atom stereocenters. The Morgan fingerprint density at radius 2 is 1.58 bits per heavy atom. The van der Waals surface area contributed by atoms with Crippen molar-refractivity contribution in [2.24, 2.45) is 5.92 Å². The number of hydrogen-bond donors (Lipinski definition) is 1. The summed E-state index contributed by atoms with van der Waals surface area (Å²) in [4.78, 5) is 35.6. The Morgan fingerprint density at radius 1 is 1.04 bits per heavy atom. The van der Waals surface area contributed by atoms with Crippen molar-refractivity contribution in [2.75, 3.05) is 14.2 Å². The molecule has 0 aliphatic carbocycles. The zero-order valence-corrected chi connectivity index (χ0v) is 15.2. The third-order valence-corrected chi connectivity index (χ3v) is 3.14. The molecule has 0 spiro atoms. The fourth-order valence-corrected chi connectivity index (χ4v) is 2.02. The lowest BCUT2D eigenvalue weighted by molar-refractivity contribution is -0.148. The van der Waals surface area contributed by atoms with E-state index in [1.807, 2.05) is 0 Å². The lowest BCUT2D eigenvalue weighted by atomic mass is 9.94. The van der Waals surface area contributed by atoms with E-state index in [4.69, 9.17) is 4.74 Å². The van der Waals surface area contributed by atoms with E-state index in [1.54, 1.807) is 20.8 Å². The first-order valence-corrected chi connectivity index (χ1v) is 7.79. The second-order valence-corrected chi connectivity index (χ2v) is 6.54. The number of rotatable bonds is 8. The number of carbonyl (C=O) groups is 3. The molecule has 0 saturated heterocycles. The maximum absolute atomic E-state index is 13.1. The minimum absolute atomic E-state index is 0.0642. The smallest absolute Gasteiger partial charge is 0.408 e. The largest absolute Gasteiger partial charge is 0.469 e. The minimum atomic E-state index is -1.09. The summed E-state index contributed by atoms with van der Waals surface area (Å²) in [5.41, 5.74) is -0.740. The van der Waals surface area contributed by atoms with E-state index in [0.717, 1.165) is 0 Å². The standard InChI is InChI=1S/C16H28FNO6/c1-10(17)7-8-11(13(19)22-5)9-12(14(20)23-6)18-15(21)24-16(2,3)4/h10-12H,7-9H2,1-6H3,(H,18,21). The molecule has 140 valence electrons. The summed E-state index contributed by atoms with van der Waals surface area (Å²) in [6, 6.07) is -1.09. The average molecular weight is 349 g/mol. The SMILES string of the molecule is COC(=O)C(CCC(C)F)CC(NC(=O)OC(C)(C)C)C(=O)OC. The van der Waals surface area contributed by atoms with Gasteiger partial charge in [0.2, 0.25) is 0 Å². The zero-order chi connectivity index (χ0) is 18.9. The van der Waals surface area contributed by atoms with E-state index in [0.29, 0.717) is 0 Å². The highest BCUT2D eigenvalue weighted by Gasteiger charge is 2.31. The van der Waals surface area contributed by atoms with Gasteiger partial charge in [-0.2, -0.15) is 0 Å². The Bertz CT molecular complexity index is 433. The van der Waals surface area contributed by atoms with Crippen molar-refractivity contribution in [1.29, 1.82) is 0 Å². The molecule has 7 nitrogen and oxygen atoms in total. The molecule has 0 aromatic carbocycles. The molecule has 1 N–H and O–H groups in total. The van der Waals surface area contributed by atoms with Crippen LogP contribution in [0.1, 0.15) is 47.0 Å². The number of esters is 2. The molecule has 0 aliphatic rings. The molecule has 0 fully saturated rings. The highest BCUT2D eigenvalue weighted by molar-refractivity contribution is 5.82. The topological polar surface area (TPSA) is 90.9 Å². The van der Waals surface area contributed by atoms with E-state index in [2.05, 4.69) is 14.8 Å². The fraction of sp³-hybridized carbons (Fsp3) is 0.812. The van der Waals surface area contributed by atoms with Crippen molar-refractivity contribution in [3.05, 3.63) is 0 Å². The lowest BCUT2D eigenvalue weighted by Gasteiger charge is -2.24. The number of methoxy groups -OCH3 is 2. The number of alkyl carbamates (subject to hydrolysis) is 1. The van der Waals surface area contributed by atoms with Crippen molar-refractivity contribution in [3.8, 4) is 0 Å². The van der Waals surface area contributed by atoms with Gasteiger partial charge in [0.25, 0.3) is 0 Å². The van der Waals surface area contributed by atoms with Gasteiger partial charge in [0.15, 0.2) is 0 Å². The molecule has 1 amide bonds. The van der Waals surface area contributed by atoms with Crippen LogP contribution in [-0.4, -0.2) is 50.1 Å². The number of amides is 1. The van der Waals surface area contributed by atoms with Crippen molar-refractivity contribution in [2.45, 2.75) is 64.8 Å². The normalized spacial score (nSPS) is 15.0. The van der Waals surface area contributed by atoms with Crippen LogP contribution in [0.4, 0.5) is 9.18 Å². The van der Waals surface area contributed by atoms with E-state index in [9.17, 15) is 18.8 Å². The summed E-state index contributed by atoms with van der Waals surface area (Å²) in [6.45, 7) is 6.42. The van der Waals surface area contributed by atoms with E-state index in [-0.39, 0.29) is 19.3 Å². The van der Waals surface area contributed by atoms with Gasteiger partial charge in [-0.15, -0.1) is 0 Å². The van der Waals surface area contributed by atoms with Crippen LogP contribution in [0.15, 0.2) is 0 Å². The monoisotopic (exact) mass is 349 g/mol. The van der Waals surface area contributed by atoms with Gasteiger partial charge in [-0.3, -0.25) is 4.79 Å². The van der Waals surface area contributed by atoms with Gasteiger partial charge in [-0.05, 0) is 47.0 Å². The summed E-state index contributed by atoms with van der Waals surface area (Å²) in [5, 5.41) is 2.38. The average Bonchev–Trinajstić information content (AvgIpc) is 2.46. The van der Waals surface area contributed by atoms with Gasteiger partial charge >= 0.3 is 18.0 Å². The molecular weight excluding hydrogens is 321 g/mol. The summed E-state index contributed by atoms with van der Waals surface area (Å²) < 4.78 is 27.5. The molecule has 0 aromatic rings. The van der Waals surface area contributed by atoms with Crippen LogP contribution in [0.3, 0.4) is 0 Å². The van der Waals surface area contributed by atoms with Crippen LogP contribution < -0.4 is 5.32 Å². The molecule has 0 heterocycles. The summed E-state index contributed by atoms with van der Waals surface area (Å²) in [6.07, 6.45) is -1.63. The number of ether oxygens (including phenoxy) is 3. The zero-order valence-electron chi connectivity index (χ0n) is 15.2. The maximum atomic E-state index is 13.1. The van der Waals surface area contributed by atoms with Gasteiger partial charge in [-0.1, -0.05) is 0 Å². The summed E-state index contributed by atoms with van der Waals surface area (Å²) in [5.74, 6) is -2.04. The first-order chi connectivity index (χ1) is 11.0. The second kappa shape index (κ2) is 10.1. The highest BCUT2D eigenvalue weighted by Crippen LogP contribution is 2.19. The van der Waals surface area contributed by atoms with Crippen LogP contribution >= 0.6 is 0 Å². The Morgan fingerprint density at radius 3 is 2.00 bits per heavy atom. The molecule has 24 heavy (non-hydrogen) atoms. The molecule has 0 radical (unpaired) electrons.